The monoisotopic (exact) mass is 357 g/mol. The van der Waals surface area contributed by atoms with E-state index in [1.54, 1.807) is 17.0 Å². The highest BCUT2D eigenvalue weighted by atomic mass is 32.2. The van der Waals surface area contributed by atoms with Crippen molar-refractivity contribution in [1.82, 2.24) is 4.90 Å². The van der Waals surface area contributed by atoms with Crippen molar-refractivity contribution in [3.05, 3.63) is 29.8 Å². The molecule has 1 heterocycles. The third-order valence-corrected chi connectivity index (χ3v) is 5.03. The lowest BCUT2D eigenvalue weighted by atomic mass is 10.1. The summed E-state index contributed by atoms with van der Waals surface area (Å²) in [5.41, 5.74) is 0.929. The van der Waals surface area contributed by atoms with E-state index in [9.17, 15) is 18.3 Å². The molecule has 1 saturated heterocycles. The fraction of sp³-hybridized carbons (Fsp3) is 0.562. The second-order valence-electron chi connectivity index (χ2n) is 5.83. The fourth-order valence-electron chi connectivity index (χ4n) is 2.32. The Morgan fingerprint density at radius 1 is 1.17 bits per heavy atom. The molecule has 1 aromatic rings. The Morgan fingerprint density at radius 3 is 2.42 bits per heavy atom. The van der Waals surface area contributed by atoms with Crippen molar-refractivity contribution in [2.24, 2.45) is 0 Å². The van der Waals surface area contributed by atoms with Gasteiger partial charge in [-0.25, -0.2) is 4.79 Å². The Bertz CT molecular complexity index is 637. The van der Waals surface area contributed by atoms with Gasteiger partial charge in [0.05, 0.1) is 11.5 Å². The third-order valence-electron chi connectivity index (χ3n) is 3.74. The highest BCUT2D eigenvalue weighted by molar-refractivity contribution is 7.86. The first-order valence-corrected chi connectivity index (χ1v) is 9.35. The van der Waals surface area contributed by atoms with Crippen molar-refractivity contribution in [1.29, 1.82) is 0 Å². The summed E-state index contributed by atoms with van der Waals surface area (Å²) in [6, 6.07) is 6.20. The Morgan fingerprint density at radius 2 is 1.79 bits per heavy atom. The Kier molecular flexibility index (Phi) is 6.59. The molecular formula is C16H23NO6S. The van der Waals surface area contributed by atoms with Crippen molar-refractivity contribution in [2.45, 2.75) is 37.2 Å². The van der Waals surface area contributed by atoms with Crippen molar-refractivity contribution in [3.8, 4) is 0 Å². The molecule has 2 rings (SSSR count). The number of benzene rings is 1. The molecule has 0 spiro atoms. The van der Waals surface area contributed by atoms with E-state index in [2.05, 4.69) is 0 Å². The number of hydrogen-bond donors (Lipinski definition) is 1. The standard InChI is InChI=1S/C16H23NO6S/c1-13-5-7-15(8-6-13)24(20,21)23-12-14(18)11-22-16(19)17-9-3-2-4-10-17/h5-8,14,18H,2-4,9-12H2,1H3. The predicted octanol–water partition coefficient (Wildman–Crippen LogP) is 1.68. The largest absolute Gasteiger partial charge is 0.447 e. The second kappa shape index (κ2) is 8.46. The van der Waals surface area contributed by atoms with Crippen LogP contribution in [-0.2, 0) is 19.0 Å². The molecule has 7 nitrogen and oxygen atoms in total. The summed E-state index contributed by atoms with van der Waals surface area (Å²) in [5, 5.41) is 9.77. The van der Waals surface area contributed by atoms with Gasteiger partial charge in [-0.3, -0.25) is 4.18 Å². The number of carbonyl (C=O) groups is 1. The molecule has 1 amide bonds. The number of piperidine rings is 1. The average Bonchev–Trinajstić information content (AvgIpc) is 2.59. The molecule has 0 aromatic heterocycles. The van der Waals surface area contributed by atoms with Crippen LogP contribution in [0, 0.1) is 6.92 Å². The lowest BCUT2D eigenvalue weighted by Gasteiger charge is -2.26. The van der Waals surface area contributed by atoms with E-state index in [4.69, 9.17) is 8.92 Å². The number of rotatable bonds is 6. The number of aliphatic hydroxyl groups excluding tert-OH is 1. The Labute approximate surface area is 142 Å². The molecule has 8 heteroatoms. The van der Waals surface area contributed by atoms with Gasteiger partial charge in [0.1, 0.15) is 12.7 Å². The number of aryl methyl sites for hydroxylation is 1. The zero-order valence-corrected chi connectivity index (χ0v) is 14.5. The van der Waals surface area contributed by atoms with E-state index in [1.807, 2.05) is 6.92 Å². The van der Waals surface area contributed by atoms with Gasteiger partial charge in [0.2, 0.25) is 0 Å². The quantitative estimate of drug-likeness (QED) is 0.779. The Balaban J connectivity index is 1.76. The molecule has 1 aliphatic heterocycles. The summed E-state index contributed by atoms with van der Waals surface area (Å²) < 4.78 is 33.8. The highest BCUT2D eigenvalue weighted by Crippen LogP contribution is 2.14. The van der Waals surface area contributed by atoms with Crippen LogP contribution < -0.4 is 0 Å². The van der Waals surface area contributed by atoms with Crippen LogP contribution in [0.25, 0.3) is 0 Å². The first-order valence-electron chi connectivity index (χ1n) is 7.94. The number of aliphatic hydroxyl groups is 1. The minimum absolute atomic E-state index is 0.0191. The van der Waals surface area contributed by atoms with Crippen LogP contribution in [-0.4, -0.2) is 56.9 Å². The van der Waals surface area contributed by atoms with Gasteiger partial charge in [-0.2, -0.15) is 8.42 Å². The van der Waals surface area contributed by atoms with Crippen LogP contribution in [0.15, 0.2) is 29.2 Å². The molecule has 0 bridgehead atoms. The minimum atomic E-state index is -3.94. The summed E-state index contributed by atoms with van der Waals surface area (Å²) in [7, 11) is -3.94. The molecule has 0 saturated carbocycles. The van der Waals surface area contributed by atoms with Gasteiger partial charge in [-0.1, -0.05) is 17.7 Å². The smallest absolute Gasteiger partial charge is 0.409 e. The zero-order chi connectivity index (χ0) is 17.6. The van der Waals surface area contributed by atoms with E-state index in [0.717, 1.165) is 24.8 Å². The molecule has 1 N–H and O–H groups in total. The van der Waals surface area contributed by atoms with Crippen LogP contribution in [0.1, 0.15) is 24.8 Å². The number of amides is 1. The van der Waals surface area contributed by atoms with Gasteiger partial charge < -0.3 is 14.7 Å². The van der Waals surface area contributed by atoms with E-state index < -0.39 is 28.9 Å². The second-order valence-corrected chi connectivity index (χ2v) is 7.45. The lowest BCUT2D eigenvalue weighted by molar-refractivity contribution is 0.0248. The molecule has 1 fully saturated rings. The summed E-state index contributed by atoms with van der Waals surface area (Å²) in [6.45, 7) is 2.36. The summed E-state index contributed by atoms with van der Waals surface area (Å²) in [5.74, 6) is 0. The minimum Gasteiger partial charge on any atom is -0.447 e. The summed E-state index contributed by atoms with van der Waals surface area (Å²) in [4.78, 5) is 13.4. The average molecular weight is 357 g/mol. The van der Waals surface area contributed by atoms with Gasteiger partial charge in [-0.15, -0.1) is 0 Å². The molecular weight excluding hydrogens is 334 g/mol. The normalized spacial score (nSPS) is 16.7. The van der Waals surface area contributed by atoms with Crippen LogP contribution in [0.3, 0.4) is 0 Å². The van der Waals surface area contributed by atoms with Crippen molar-refractivity contribution in [3.63, 3.8) is 0 Å². The maximum atomic E-state index is 12.0. The first kappa shape index (κ1) is 18.7. The predicted molar refractivity (Wildman–Crippen MR) is 87.1 cm³/mol. The molecule has 1 atom stereocenters. The molecule has 1 aliphatic rings. The molecule has 134 valence electrons. The van der Waals surface area contributed by atoms with E-state index >= 15 is 0 Å². The van der Waals surface area contributed by atoms with Gasteiger partial charge in [0.25, 0.3) is 10.1 Å². The fourth-order valence-corrected chi connectivity index (χ4v) is 3.27. The van der Waals surface area contributed by atoms with Crippen LogP contribution in [0.5, 0.6) is 0 Å². The maximum absolute atomic E-state index is 12.0. The number of likely N-dealkylation sites (tertiary alicyclic amines) is 1. The van der Waals surface area contributed by atoms with Crippen LogP contribution in [0.2, 0.25) is 0 Å². The van der Waals surface area contributed by atoms with E-state index in [1.165, 1.54) is 12.1 Å². The third kappa shape index (κ3) is 5.47. The van der Waals surface area contributed by atoms with Crippen LogP contribution in [0.4, 0.5) is 4.79 Å². The van der Waals surface area contributed by atoms with Gasteiger partial charge in [0, 0.05) is 13.1 Å². The first-order chi connectivity index (χ1) is 11.4. The maximum Gasteiger partial charge on any atom is 0.409 e. The summed E-state index contributed by atoms with van der Waals surface area (Å²) >= 11 is 0. The highest BCUT2D eigenvalue weighted by Gasteiger charge is 2.21. The van der Waals surface area contributed by atoms with Gasteiger partial charge >= 0.3 is 6.09 Å². The van der Waals surface area contributed by atoms with E-state index in [-0.39, 0.29) is 11.5 Å². The van der Waals surface area contributed by atoms with Crippen molar-refractivity contribution < 1.29 is 27.2 Å². The van der Waals surface area contributed by atoms with Gasteiger partial charge in [-0.05, 0) is 38.3 Å². The summed E-state index contributed by atoms with van der Waals surface area (Å²) in [6.07, 6.45) is 1.27. The number of ether oxygens (including phenoxy) is 1. The van der Waals surface area contributed by atoms with Gasteiger partial charge in [0.15, 0.2) is 0 Å². The SMILES string of the molecule is Cc1ccc(S(=O)(=O)OCC(O)COC(=O)N2CCCCC2)cc1. The lowest BCUT2D eigenvalue weighted by Crippen LogP contribution is -2.37. The van der Waals surface area contributed by atoms with Crippen molar-refractivity contribution in [2.75, 3.05) is 26.3 Å². The molecule has 24 heavy (non-hydrogen) atoms. The van der Waals surface area contributed by atoms with E-state index in [0.29, 0.717) is 13.1 Å². The molecule has 0 aliphatic carbocycles. The van der Waals surface area contributed by atoms with Crippen LogP contribution >= 0.6 is 0 Å². The Hall–Kier alpha value is -1.64. The number of hydrogen-bond acceptors (Lipinski definition) is 6. The molecule has 0 radical (unpaired) electrons. The molecule has 1 aromatic carbocycles. The topological polar surface area (TPSA) is 93.1 Å². The number of carbonyl (C=O) groups excluding carboxylic acids is 1. The zero-order valence-electron chi connectivity index (χ0n) is 13.7. The molecule has 1 unspecified atom stereocenters. The van der Waals surface area contributed by atoms with Crippen molar-refractivity contribution >= 4 is 16.2 Å². The number of nitrogens with zero attached hydrogens (tertiary/aromatic N) is 1.